The smallest absolute Gasteiger partial charge is 0.303 e. The molecule has 0 unspecified atom stereocenters. The summed E-state index contributed by atoms with van der Waals surface area (Å²) in [5.74, 6) is -8.47. The molecule has 0 aliphatic rings. The van der Waals surface area contributed by atoms with E-state index in [0.717, 1.165) is 25.7 Å². The van der Waals surface area contributed by atoms with Crippen LogP contribution in [0.15, 0.2) is 47.8 Å². The van der Waals surface area contributed by atoms with E-state index in [9.17, 15) is 58.2 Å². The van der Waals surface area contributed by atoms with Crippen molar-refractivity contribution in [3.8, 4) is 0 Å². The molecule has 86 heavy (non-hydrogen) atoms. The molecule has 28 heteroatoms. The van der Waals surface area contributed by atoms with Crippen molar-refractivity contribution in [2.45, 2.75) is 204 Å². The monoisotopic (exact) mass is 1210 g/mol. The number of aromatic amines is 1. The summed E-state index contributed by atoms with van der Waals surface area (Å²) in [6.45, 7) is 1.05. The van der Waals surface area contributed by atoms with Crippen molar-refractivity contribution in [3.05, 3.63) is 54.1 Å². The molecule has 7 atom stereocenters. The van der Waals surface area contributed by atoms with Crippen LogP contribution >= 0.6 is 0 Å². The Morgan fingerprint density at radius 1 is 0.535 bits per heavy atom. The van der Waals surface area contributed by atoms with E-state index in [-0.39, 0.29) is 63.9 Å². The lowest BCUT2D eigenvalue weighted by molar-refractivity contribution is -0.137. The van der Waals surface area contributed by atoms with E-state index < -0.39 is 128 Å². The van der Waals surface area contributed by atoms with Gasteiger partial charge in [-0.25, -0.2) is 4.98 Å². The molecule has 1 aromatic carbocycles. The number of benzene rings is 1. The third kappa shape index (κ3) is 33.7. The number of H-pyrrole nitrogens is 1. The molecular weight excluding hydrogens is 1110 g/mol. The van der Waals surface area contributed by atoms with Crippen molar-refractivity contribution in [3.63, 3.8) is 0 Å². The van der Waals surface area contributed by atoms with Gasteiger partial charge in [0, 0.05) is 50.2 Å². The number of aliphatic imine (C=N–C) groups is 1. The van der Waals surface area contributed by atoms with Gasteiger partial charge >= 0.3 is 5.97 Å². The number of unbranched alkanes of at least 4 members (excludes halogenated alkanes) is 13. The second-order valence-corrected chi connectivity index (χ2v) is 21.4. The first-order valence-corrected chi connectivity index (χ1v) is 30.2. The fraction of sp³-hybridized carbons (Fsp3) is 0.655. The number of aromatic nitrogens is 2. The third-order valence-electron chi connectivity index (χ3n) is 13.9. The number of nitrogens with two attached hydrogens (primary N) is 3. The predicted molar refractivity (Wildman–Crippen MR) is 322 cm³/mol. The van der Waals surface area contributed by atoms with Crippen LogP contribution in [-0.2, 0) is 60.8 Å². The summed E-state index contributed by atoms with van der Waals surface area (Å²) in [5, 5.41) is 51.6. The zero-order chi connectivity index (χ0) is 63.5. The van der Waals surface area contributed by atoms with Crippen LogP contribution in [0.4, 0.5) is 0 Å². The number of imidazole rings is 1. The molecule has 0 radical (unpaired) electrons. The van der Waals surface area contributed by atoms with E-state index in [4.69, 9.17) is 22.3 Å². The minimum atomic E-state index is -1.61. The lowest BCUT2D eigenvalue weighted by Crippen LogP contribution is -2.59. The summed E-state index contributed by atoms with van der Waals surface area (Å²) in [4.78, 5) is 143. The Bertz CT molecular complexity index is 2380. The van der Waals surface area contributed by atoms with Gasteiger partial charge in [-0.15, -0.1) is 0 Å². The number of rotatable bonds is 48. The number of aliphatic hydroxyl groups is 2. The number of amides is 9. The van der Waals surface area contributed by atoms with Crippen molar-refractivity contribution in [1.82, 2.24) is 57.8 Å². The first-order chi connectivity index (χ1) is 41.3. The molecule has 1 aromatic heterocycles. The van der Waals surface area contributed by atoms with E-state index >= 15 is 0 Å². The topological polar surface area (TPSA) is 459 Å². The number of nitrogens with zero attached hydrogens (tertiary/aromatic N) is 2. The number of carbonyl (C=O) groups excluding carboxylic acids is 9. The third-order valence-corrected chi connectivity index (χ3v) is 13.9. The molecule has 482 valence electrons. The van der Waals surface area contributed by atoms with Crippen LogP contribution in [0.3, 0.4) is 0 Å². The van der Waals surface area contributed by atoms with E-state index in [1.165, 1.54) is 63.9 Å². The SMILES string of the molecule is CCCCCCCCCCCCCCCC(=O)N[C@@H](CO)C(=O)NCC(=O)N[C@@H](CO)C(=O)NCC(=O)N[C@@H](Cc1cnc[nH]1)C(=O)N[C@@H](Cc1ccccc1)C(=O)N[C@@H](CCCN=C(N)N)C(=O)N[C@@H](CCCCN)C(=O)N[C@H](C)CCC(=O)O. The average molecular weight is 1210 g/mol. The van der Waals surface area contributed by atoms with E-state index in [1.54, 1.807) is 37.3 Å². The van der Waals surface area contributed by atoms with Crippen molar-refractivity contribution >= 4 is 65.1 Å². The second-order valence-electron chi connectivity index (χ2n) is 21.4. The van der Waals surface area contributed by atoms with Gasteiger partial charge in [0.1, 0.15) is 36.3 Å². The van der Waals surface area contributed by atoms with Gasteiger partial charge < -0.3 is 85.4 Å². The Labute approximate surface area is 504 Å². The normalized spacial score (nSPS) is 13.4. The minimum absolute atomic E-state index is 0.0420. The molecule has 0 bridgehead atoms. The van der Waals surface area contributed by atoms with Gasteiger partial charge in [-0.05, 0) is 64.0 Å². The lowest BCUT2D eigenvalue weighted by atomic mass is 10.0. The van der Waals surface area contributed by atoms with Crippen LogP contribution in [0.5, 0.6) is 0 Å². The highest BCUT2D eigenvalue weighted by molar-refractivity contribution is 5.97. The van der Waals surface area contributed by atoms with E-state index in [1.807, 2.05) is 0 Å². The number of carboxylic acids is 1. The van der Waals surface area contributed by atoms with Crippen LogP contribution in [0, 0.1) is 0 Å². The first kappa shape index (κ1) is 74.4. The maximum absolute atomic E-state index is 14.4. The van der Waals surface area contributed by atoms with E-state index in [0.29, 0.717) is 37.1 Å². The quantitative estimate of drug-likeness (QED) is 0.0222. The fourth-order valence-corrected chi connectivity index (χ4v) is 9.02. The number of hydrogen-bond acceptors (Lipinski definition) is 15. The largest absolute Gasteiger partial charge is 0.481 e. The molecule has 0 saturated carbocycles. The summed E-state index contributed by atoms with van der Waals surface area (Å²) in [6, 6.07) is -0.215. The Hall–Kier alpha value is -7.72. The van der Waals surface area contributed by atoms with Gasteiger partial charge in [-0.3, -0.25) is 52.9 Å². The van der Waals surface area contributed by atoms with Gasteiger partial charge in [0.2, 0.25) is 53.2 Å². The summed E-state index contributed by atoms with van der Waals surface area (Å²) >= 11 is 0. The summed E-state index contributed by atoms with van der Waals surface area (Å²) in [7, 11) is 0. The minimum Gasteiger partial charge on any atom is -0.481 e. The Morgan fingerprint density at radius 3 is 1.51 bits per heavy atom. The highest BCUT2D eigenvalue weighted by Crippen LogP contribution is 2.14. The van der Waals surface area contributed by atoms with Crippen molar-refractivity contribution in [2.75, 3.05) is 39.4 Å². The number of carbonyl (C=O) groups is 10. The number of aliphatic carboxylic acids is 1. The van der Waals surface area contributed by atoms with Gasteiger partial charge in [-0.1, -0.05) is 114 Å². The average Bonchev–Trinajstić information content (AvgIpc) is 3.78. The molecule has 19 N–H and O–H groups in total. The zero-order valence-corrected chi connectivity index (χ0v) is 50.1. The lowest BCUT2D eigenvalue weighted by Gasteiger charge is -2.27. The van der Waals surface area contributed by atoms with Gasteiger partial charge in [0.05, 0.1) is 32.6 Å². The van der Waals surface area contributed by atoms with Crippen LogP contribution in [0.25, 0.3) is 0 Å². The molecule has 0 fully saturated rings. The maximum atomic E-state index is 14.4. The summed E-state index contributed by atoms with van der Waals surface area (Å²) < 4.78 is 0. The number of aliphatic hydroxyl groups excluding tert-OH is 2. The van der Waals surface area contributed by atoms with Gasteiger partial charge in [-0.2, -0.15) is 0 Å². The standard InChI is InChI=1S/C58H97N15O13/c1-3-4-5-6-7-8-9-10-11-12-13-14-18-26-48(76)69-46(36-74)52(81)65-35-50(78)70-47(37-75)53(82)64-34-49(77)68-45(32-41-33-62-38-66-41)57(86)73-44(31-40-22-16-15-17-23-40)56(85)72-43(25-21-30-63-58(60)61)55(84)71-42(24-19-20-29-59)54(83)67-39(2)27-28-51(79)80/h15-17,22-23,33,38-39,42-47,74-75H,3-14,18-21,24-32,34-37,59H2,1-2H3,(H,62,66)(H,64,82)(H,65,81)(H,67,83)(H,68,77)(H,69,76)(H,70,78)(H,71,84)(H,72,85)(H,73,86)(H,79,80)(H4,60,61,63)/t39-,42+,43+,44+,45+,46+,47+/m1/s1. The van der Waals surface area contributed by atoms with Gasteiger partial charge in [0.25, 0.3) is 0 Å². The number of carboxylic acid groups (broad SMARTS) is 1. The zero-order valence-electron chi connectivity index (χ0n) is 50.1. The number of guanidine groups is 1. The second kappa shape index (κ2) is 44.7. The Kier molecular flexibility index (Phi) is 38.7. The molecule has 1 heterocycles. The Morgan fingerprint density at radius 2 is 1.01 bits per heavy atom. The molecular formula is C58H97N15O13. The molecule has 2 aromatic rings. The van der Waals surface area contributed by atoms with E-state index in [2.05, 4.69) is 69.7 Å². The highest BCUT2D eigenvalue weighted by atomic mass is 16.4. The van der Waals surface area contributed by atoms with Crippen LogP contribution in [-0.4, -0.2) is 172 Å². The number of nitrogens with one attached hydrogen (secondary N) is 10. The molecule has 0 saturated heterocycles. The Balaban J connectivity index is 2.12. The van der Waals surface area contributed by atoms with Crippen molar-refractivity contribution in [2.24, 2.45) is 22.2 Å². The van der Waals surface area contributed by atoms with Crippen LogP contribution < -0.4 is 65.1 Å². The van der Waals surface area contributed by atoms with Crippen LogP contribution in [0.2, 0.25) is 0 Å². The predicted octanol–water partition coefficient (Wildman–Crippen LogP) is -0.646. The summed E-state index contributed by atoms with van der Waals surface area (Å²) in [6.07, 6.45) is 18.5. The molecule has 0 aliphatic heterocycles. The highest BCUT2D eigenvalue weighted by Gasteiger charge is 2.33. The first-order valence-electron chi connectivity index (χ1n) is 30.2. The molecule has 9 amide bonds. The molecule has 2 rings (SSSR count). The molecule has 0 spiro atoms. The van der Waals surface area contributed by atoms with Crippen molar-refractivity contribution in [1.29, 1.82) is 0 Å². The molecule has 0 aliphatic carbocycles. The fourth-order valence-electron chi connectivity index (χ4n) is 9.02. The maximum Gasteiger partial charge on any atom is 0.303 e. The number of hydrogen-bond donors (Lipinski definition) is 16. The van der Waals surface area contributed by atoms with Crippen LogP contribution in [0.1, 0.15) is 160 Å². The van der Waals surface area contributed by atoms with Gasteiger partial charge in [0.15, 0.2) is 5.96 Å². The van der Waals surface area contributed by atoms with Crippen molar-refractivity contribution < 1.29 is 63.3 Å². The summed E-state index contributed by atoms with van der Waals surface area (Å²) in [5.41, 5.74) is 17.7. The molecule has 28 nitrogen and oxygen atoms in total.